The van der Waals surface area contributed by atoms with Crippen molar-refractivity contribution in [2.24, 2.45) is 14.1 Å². The van der Waals surface area contributed by atoms with Gasteiger partial charge in [-0.15, -0.1) is 5.10 Å². The monoisotopic (exact) mass is 297 g/mol. The third-order valence-electron chi connectivity index (χ3n) is 3.57. The van der Waals surface area contributed by atoms with E-state index in [1.807, 2.05) is 0 Å². The van der Waals surface area contributed by atoms with Crippen LogP contribution >= 0.6 is 0 Å². The predicted octanol–water partition coefficient (Wildman–Crippen LogP) is -0.950. The third kappa shape index (κ3) is 4.15. The molecule has 8 nitrogen and oxygen atoms in total. The zero-order valence-electron chi connectivity index (χ0n) is 12.6. The first kappa shape index (κ1) is 15.7. The molecule has 1 aliphatic heterocycles. The molecule has 2 heterocycles. The molecule has 0 amide bonds. The van der Waals surface area contributed by atoms with Gasteiger partial charge in [-0.25, -0.2) is 9.48 Å². The lowest BCUT2D eigenvalue weighted by Crippen LogP contribution is -2.40. The van der Waals surface area contributed by atoms with Gasteiger partial charge in [0.05, 0.1) is 6.10 Å². The Hall–Kier alpha value is -1.67. The van der Waals surface area contributed by atoms with Crippen molar-refractivity contribution in [1.82, 2.24) is 19.7 Å². The molecule has 0 aliphatic carbocycles. The Morgan fingerprint density at radius 1 is 1.33 bits per heavy atom. The van der Waals surface area contributed by atoms with Gasteiger partial charge in [0, 0.05) is 27.2 Å². The van der Waals surface area contributed by atoms with Crippen molar-refractivity contribution in [2.75, 3.05) is 31.6 Å². The van der Waals surface area contributed by atoms with Crippen LogP contribution in [0.2, 0.25) is 0 Å². The van der Waals surface area contributed by atoms with E-state index in [0.717, 1.165) is 41.6 Å². The molecule has 118 valence electrons. The van der Waals surface area contributed by atoms with Crippen LogP contribution in [0.3, 0.4) is 0 Å². The number of nitrogens with zero attached hydrogens (tertiary/aromatic N) is 3. The van der Waals surface area contributed by atoms with E-state index in [4.69, 9.17) is 4.74 Å². The highest BCUT2D eigenvalue weighted by molar-refractivity contribution is 5.29. The van der Waals surface area contributed by atoms with Gasteiger partial charge in [-0.2, -0.15) is 0 Å². The summed E-state index contributed by atoms with van der Waals surface area (Å²) in [6, 6.07) is 0. The molecule has 0 spiro atoms. The van der Waals surface area contributed by atoms with Gasteiger partial charge in [0.1, 0.15) is 0 Å². The van der Waals surface area contributed by atoms with E-state index in [1.165, 1.54) is 14.1 Å². The largest absolute Gasteiger partial charge is 0.378 e. The number of hydrogen-bond acceptors (Lipinski definition) is 6. The summed E-state index contributed by atoms with van der Waals surface area (Å²) in [6.45, 7) is 3.27. The van der Waals surface area contributed by atoms with E-state index in [1.54, 1.807) is 0 Å². The van der Waals surface area contributed by atoms with E-state index in [-0.39, 0.29) is 5.82 Å². The minimum absolute atomic E-state index is 0.196. The van der Waals surface area contributed by atoms with Gasteiger partial charge in [0.25, 0.3) is 5.56 Å². The van der Waals surface area contributed by atoms with Crippen LogP contribution < -0.4 is 21.9 Å². The number of anilines is 1. The van der Waals surface area contributed by atoms with Crippen molar-refractivity contribution in [1.29, 1.82) is 0 Å². The molecule has 1 aromatic rings. The number of ether oxygens (including phenoxy) is 1. The summed E-state index contributed by atoms with van der Waals surface area (Å²) in [4.78, 5) is 23.3. The van der Waals surface area contributed by atoms with Crippen LogP contribution in [0.5, 0.6) is 0 Å². The predicted molar refractivity (Wildman–Crippen MR) is 79.7 cm³/mol. The molecule has 2 rings (SSSR count). The van der Waals surface area contributed by atoms with Crippen molar-refractivity contribution in [3.05, 3.63) is 20.8 Å². The maximum Gasteiger partial charge on any atom is 0.346 e. The molecule has 1 aromatic heterocycles. The molecule has 2 N–H and O–H groups in total. The van der Waals surface area contributed by atoms with Crippen LogP contribution in [0, 0.1) is 0 Å². The van der Waals surface area contributed by atoms with E-state index in [0.29, 0.717) is 19.3 Å². The molecule has 8 heteroatoms. The van der Waals surface area contributed by atoms with Crippen LogP contribution in [-0.2, 0) is 18.8 Å². The average molecular weight is 297 g/mol. The second-order valence-electron chi connectivity index (χ2n) is 5.22. The van der Waals surface area contributed by atoms with E-state index in [9.17, 15) is 9.59 Å². The normalized spacial score (nSPS) is 16.1. The van der Waals surface area contributed by atoms with E-state index in [2.05, 4.69) is 15.7 Å². The fourth-order valence-electron chi connectivity index (χ4n) is 2.30. The van der Waals surface area contributed by atoms with Crippen molar-refractivity contribution in [3.63, 3.8) is 0 Å². The summed E-state index contributed by atoms with van der Waals surface area (Å²) in [5.41, 5.74) is -0.836. The highest BCUT2D eigenvalue weighted by atomic mass is 16.5. The molecule has 0 radical (unpaired) electrons. The number of aryl methyl sites for hydroxylation is 1. The lowest BCUT2D eigenvalue weighted by Gasteiger charge is -2.22. The first-order valence-electron chi connectivity index (χ1n) is 7.30. The molecule has 1 saturated heterocycles. The first-order valence-corrected chi connectivity index (χ1v) is 7.30. The Bertz CT molecular complexity index is 574. The van der Waals surface area contributed by atoms with Gasteiger partial charge >= 0.3 is 5.69 Å². The zero-order valence-corrected chi connectivity index (χ0v) is 12.6. The molecule has 0 saturated carbocycles. The Morgan fingerprint density at radius 2 is 2.05 bits per heavy atom. The molecule has 0 aromatic carbocycles. The van der Waals surface area contributed by atoms with Crippen LogP contribution in [0.1, 0.15) is 19.3 Å². The van der Waals surface area contributed by atoms with Crippen LogP contribution in [0.25, 0.3) is 0 Å². The molecular weight excluding hydrogens is 274 g/mol. The fraction of sp³-hybridized carbons (Fsp3) is 0.769. The second kappa shape index (κ2) is 7.37. The molecule has 1 aliphatic rings. The van der Waals surface area contributed by atoms with Crippen LogP contribution in [0.4, 0.5) is 5.82 Å². The minimum Gasteiger partial charge on any atom is -0.378 e. The van der Waals surface area contributed by atoms with Gasteiger partial charge in [-0.3, -0.25) is 9.36 Å². The summed E-state index contributed by atoms with van der Waals surface area (Å²) in [5.74, 6) is 0.196. The third-order valence-corrected chi connectivity index (χ3v) is 3.57. The van der Waals surface area contributed by atoms with Crippen molar-refractivity contribution in [3.8, 4) is 0 Å². The fourth-order valence-corrected chi connectivity index (χ4v) is 2.30. The molecule has 21 heavy (non-hydrogen) atoms. The zero-order chi connectivity index (χ0) is 15.2. The topological polar surface area (TPSA) is 90.2 Å². The van der Waals surface area contributed by atoms with Gasteiger partial charge in [0.15, 0.2) is 0 Å². The first-order chi connectivity index (χ1) is 10.1. The second-order valence-corrected chi connectivity index (χ2v) is 5.22. The Kier molecular flexibility index (Phi) is 5.51. The summed E-state index contributed by atoms with van der Waals surface area (Å²) < 4.78 is 7.97. The molecular formula is C13H23N5O3. The summed E-state index contributed by atoms with van der Waals surface area (Å²) in [7, 11) is 2.96. The van der Waals surface area contributed by atoms with Crippen molar-refractivity contribution < 1.29 is 4.74 Å². The molecule has 1 fully saturated rings. The lowest BCUT2D eigenvalue weighted by atomic mass is 10.1. The molecule has 0 bridgehead atoms. The maximum atomic E-state index is 11.8. The number of hydrogen-bond donors (Lipinski definition) is 2. The van der Waals surface area contributed by atoms with Gasteiger partial charge in [-0.1, -0.05) is 0 Å². The van der Waals surface area contributed by atoms with Gasteiger partial charge in [-0.05, 0) is 32.4 Å². The summed E-state index contributed by atoms with van der Waals surface area (Å²) in [5, 5.41) is 10.2. The highest BCUT2D eigenvalue weighted by Gasteiger charge is 2.12. The quantitative estimate of drug-likeness (QED) is 0.658. The van der Waals surface area contributed by atoms with Gasteiger partial charge < -0.3 is 15.4 Å². The Morgan fingerprint density at radius 3 is 2.76 bits per heavy atom. The van der Waals surface area contributed by atoms with E-state index < -0.39 is 11.2 Å². The number of rotatable bonds is 6. The summed E-state index contributed by atoms with van der Waals surface area (Å²) >= 11 is 0. The average Bonchev–Trinajstić information content (AvgIpc) is 2.50. The standard InChI is InChI=1S/C13H23N5O3/c1-17-12(19)11(16-18(2)13(17)20)15-6-3-9-21-10-4-7-14-8-5-10/h10,14H,3-9H2,1-2H3,(H,15,16). The van der Waals surface area contributed by atoms with Crippen molar-refractivity contribution in [2.45, 2.75) is 25.4 Å². The van der Waals surface area contributed by atoms with Gasteiger partial charge in [0.2, 0.25) is 5.82 Å². The minimum atomic E-state index is -0.431. The summed E-state index contributed by atoms with van der Waals surface area (Å²) in [6.07, 6.45) is 3.24. The highest BCUT2D eigenvalue weighted by Crippen LogP contribution is 2.07. The Labute approximate surface area is 123 Å². The number of aromatic nitrogens is 3. The number of nitrogens with one attached hydrogen (secondary N) is 2. The van der Waals surface area contributed by atoms with Crippen molar-refractivity contribution >= 4 is 5.82 Å². The van der Waals surface area contributed by atoms with Crippen LogP contribution in [-0.4, -0.2) is 46.7 Å². The molecule has 0 unspecified atom stereocenters. The molecule has 0 atom stereocenters. The lowest BCUT2D eigenvalue weighted by molar-refractivity contribution is 0.0329. The van der Waals surface area contributed by atoms with E-state index >= 15 is 0 Å². The smallest absolute Gasteiger partial charge is 0.346 e. The Balaban J connectivity index is 1.76. The SMILES string of the molecule is Cn1nc(NCCCOC2CCNCC2)c(=O)n(C)c1=O. The van der Waals surface area contributed by atoms with Crippen LogP contribution in [0.15, 0.2) is 9.59 Å². The maximum absolute atomic E-state index is 11.8. The number of piperidine rings is 1.